The van der Waals surface area contributed by atoms with E-state index in [0.29, 0.717) is 21.7 Å². The van der Waals surface area contributed by atoms with Crippen molar-refractivity contribution in [1.82, 2.24) is 0 Å². The van der Waals surface area contributed by atoms with E-state index in [1.165, 1.54) is 0 Å². The van der Waals surface area contributed by atoms with Crippen molar-refractivity contribution in [3.8, 4) is 5.75 Å². The van der Waals surface area contributed by atoms with Crippen molar-refractivity contribution >= 4 is 29.1 Å². The third kappa shape index (κ3) is 2.97. The molecule has 0 saturated heterocycles. The molecule has 31 heavy (non-hydrogen) atoms. The smallest absolute Gasteiger partial charge is 0.179 e. The highest BCUT2D eigenvalue weighted by molar-refractivity contribution is 7.83. The Bertz CT molecular complexity index is 1360. The van der Waals surface area contributed by atoms with Gasteiger partial charge in [0.25, 0.3) is 0 Å². The number of carbonyl (C=O) groups excluding carboxylic acids is 1. The molecule has 1 aliphatic carbocycles. The zero-order valence-corrected chi connectivity index (χ0v) is 18.2. The minimum absolute atomic E-state index is 0.148. The van der Waals surface area contributed by atoms with Crippen LogP contribution in [0.4, 0.5) is 0 Å². The van der Waals surface area contributed by atoms with E-state index in [1.54, 1.807) is 19.3 Å². The van der Waals surface area contributed by atoms with E-state index in [0.717, 1.165) is 27.8 Å². The minimum Gasteiger partial charge on any atom is -0.497 e. The SMILES string of the molecule is COc1ccc2c(c1)P(=O)(c1ccccc1)C1=CC(=O)C=CC1=C2c1ccccc1C. The van der Waals surface area contributed by atoms with Gasteiger partial charge >= 0.3 is 0 Å². The van der Waals surface area contributed by atoms with Gasteiger partial charge in [-0.2, -0.15) is 0 Å². The van der Waals surface area contributed by atoms with Gasteiger partial charge in [-0.15, -0.1) is 0 Å². The quantitative estimate of drug-likeness (QED) is 0.546. The lowest BCUT2D eigenvalue weighted by Crippen LogP contribution is -2.27. The molecule has 3 nitrogen and oxygen atoms in total. The highest BCUT2D eigenvalue weighted by Crippen LogP contribution is 2.61. The summed E-state index contributed by atoms with van der Waals surface area (Å²) in [5, 5.41) is 2.00. The van der Waals surface area contributed by atoms with Crippen LogP contribution in [-0.4, -0.2) is 12.9 Å². The zero-order chi connectivity index (χ0) is 21.6. The summed E-state index contributed by atoms with van der Waals surface area (Å²) in [6, 6.07) is 23.3. The first-order chi connectivity index (χ1) is 15.0. The highest BCUT2D eigenvalue weighted by atomic mass is 31.2. The fraction of sp³-hybridized carbons (Fsp3) is 0.0741. The predicted molar refractivity (Wildman–Crippen MR) is 126 cm³/mol. The van der Waals surface area contributed by atoms with Crippen LogP contribution in [0.15, 0.2) is 102 Å². The molecule has 0 spiro atoms. The molecule has 5 rings (SSSR count). The van der Waals surface area contributed by atoms with Gasteiger partial charge in [0, 0.05) is 15.9 Å². The maximum Gasteiger partial charge on any atom is 0.179 e. The van der Waals surface area contributed by atoms with Crippen LogP contribution in [0.3, 0.4) is 0 Å². The molecule has 0 radical (unpaired) electrons. The lowest BCUT2D eigenvalue weighted by Gasteiger charge is -2.34. The topological polar surface area (TPSA) is 43.4 Å². The monoisotopic (exact) mass is 424 g/mol. The Morgan fingerprint density at radius 3 is 2.32 bits per heavy atom. The Labute approximate surface area is 181 Å². The summed E-state index contributed by atoms with van der Waals surface area (Å²) < 4.78 is 20.4. The average molecular weight is 424 g/mol. The number of hydrogen-bond donors (Lipinski definition) is 0. The second kappa shape index (κ2) is 7.37. The number of ether oxygens (including phenoxy) is 1. The molecule has 2 aliphatic rings. The van der Waals surface area contributed by atoms with Crippen molar-refractivity contribution in [3.63, 3.8) is 0 Å². The molecule has 0 saturated carbocycles. The van der Waals surface area contributed by atoms with Crippen LogP contribution >= 0.6 is 7.14 Å². The summed E-state index contributed by atoms with van der Waals surface area (Å²) in [4.78, 5) is 12.5. The number of ketones is 1. The number of methoxy groups -OCH3 is 1. The largest absolute Gasteiger partial charge is 0.497 e. The van der Waals surface area contributed by atoms with Gasteiger partial charge in [0.2, 0.25) is 0 Å². The van der Waals surface area contributed by atoms with E-state index < -0.39 is 7.14 Å². The molecule has 0 bridgehead atoms. The first-order valence-corrected chi connectivity index (χ1v) is 11.8. The molecular formula is C27H21O3P. The molecule has 0 amide bonds. The van der Waals surface area contributed by atoms with Crippen molar-refractivity contribution in [2.75, 3.05) is 7.11 Å². The van der Waals surface area contributed by atoms with Gasteiger partial charge in [0.1, 0.15) is 5.75 Å². The Morgan fingerprint density at radius 2 is 1.58 bits per heavy atom. The molecule has 1 aliphatic heterocycles. The van der Waals surface area contributed by atoms with Crippen molar-refractivity contribution in [2.24, 2.45) is 0 Å². The normalized spacial score (nSPS) is 19.5. The predicted octanol–water partition coefficient (Wildman–Crippen LogP) is 5.16. The fourth-order valence-corrected chi connectivity index (χ4v) is 7.51. The second-order valence-corrected chi connectivity index (χ2v) is 10.4. The van der Waals surface area contributed by atoms with E-state index in [-0.39, 0.29) is 5.78 Å². The first kappa shape index (κ1) is 19.5. The third-order valence-electron chi connectivity index (χ3n) is 5.93. The number of carbonyl (C=O) groups is 1. The van der Waals surface area contributed by atoms with Crippen molar-refractivity contribution in [1.29, 1.82) is 0 Å². The molecule has 1 heterocycles. The van der Waals surface area contributed by atoms with Crippen LogP contribution in [0.2, 0.25) is 0 Å². The van der Waals surface area contributed by atoms with E-state index in [4.69, 9.17) is 4.74 Å². The standard InChI is InChI=1S/C27H21O3P/c1-18-8-6-7-11-22(18)27-23-14-12-19(28)16-25(23)31(29,21-9-4-3-5-10-21)26-17-20(30-2)13-15-24(26)27/h3-17H,1-2H3. The highest BCUT2D eigenvalue weighted by Gasteiger charge is 2.42. The third-order valence-corrected chi connectivity index (χ3v) is 9.05. The molecule has 1 unspecified atom stereocenters. The molecule has 0 aromatic heterocycles. The van der Waals surface area contributed by atoms with Gasteiger partial charge < -0.3 is 9.30 Å². The summed E-state index contributed by atoms with van der Waals surface area (Å²) in [5.41, 5.74) is 4.93. The Balaban J connectivity index is 1.94. The van der Waals surface area contributed by atoms with Gasteiger partial charge in [0.05, 0.1) is 7.11 Å². The molecule has 152 valence electrons. The minimum atomic E-state index is -3.29. The van der Waals surface area contributed by atoms with Crippen molar-refractivity contribution < 1.29 is 14.1 Å². The maximum atomic E-state index is 15.0. The van der Waals surface area contributed by atoms with E-state index in [1.807, 2.05) is 66.7 Å². The number of rotatable bonds is 3. The molecule has 0 N–H and O–H groups in total. The Hall–Kier alpha value is -3.42. The van der Waals surface area contributed by atoms with Crippen LogP contribution in [0.1, 0.15) is 16.7 Å². The zero-order valence-electron chi connectivity index (χ0n) is 17.3. The maximum absolute atomic E-state index is 15.0. The summed E-state index contributed by atoms with van der Waals surface area (Å²) in [6.45, 7) is 2.07. The molecule has 3 aromatic rings. The Kier molecular flexibility index (Phi) is 4.64. The lowest BCUT2D eigenvalue weighted by atomic mass is 9.88. The van der Waals surface area contributed by atoms with Crippen LogP contribution < -0.4 is 15.3 Å². The van der Waals surface area contributed by atoms with Crippen LogP contribution in [0.5, 0.6) is 5.75 Å². The van der Waals surface area contributed by atoms with E-state index >= 15 is 0 Å². The van der Waals surface area contributed by atoms with Crippen LogP contribution in [-0.2, 0) is 9.36 Å². The number of aryl methyl sites for hydroxylation is 1. The molecule has 3 aromatic carbocycles. The van der Waals surface area contributed by atoms with E-state index in [9.17, 15) is 9.36 Å². The van der Waals surface area contributed by atoms with E-state index in [2.05, 4.69) is 19.1 Å². The summed E-state index contributed by atoms with van der Waals surface area (Å²) in [6.07, 6.45) is 4.92. The van der Waals surface area contributed by atoms with Gasteiger partial charge in [-0.05, 0) is 71.2 Å². The second-order valence-electron chi connectivity index (χ2n) is 7.70. The lowest BCUT2D eigenvalue weighted by molar-refractivity contribution is -0.110. The van der Waals surface area contributed by atoms with Crippen LogP contribution in [0, 0.1) is 6.92 Å². The van der Waals surface area contributed by atoms with Gasteiger partial charge in [0.15, 0.2) is 12.9 Å². The average Bonchev–Trinajstić information content (AvgIpc) is 2.81. The van der Waals surface area contributed by atoms with Gasteiger partial charge in [-0.1, -0.05) is 54.6 Å². The summed E-state index contributed by atoms with van der Waals surface area (Å²) in [5.74, 6) is 0.492. The number of allylic oxidation sites excluding steroid dienone is 5. The number of hydrogen-bond acceptors (Lipinski definition) is 3. The van der Waals surface area contributed by atoms with Crippen molar-refractivity contribution in [2.45, 2.75) is 6.92 Å². The molecule has 1 atom stereocenters. The summed E-state index contributed by atoms with van der Waals surface area (Å²) in [7, 11) is -1.68. The fourth-order valence-electron chi connectivity index (χ4n) is 4.43. The summed E-state index contributed by atoms with van der Waals surface area (Å²) >= 11 is 0. The molecule has 4 heteroatoms. The molecular weight excluding hydrogens is 403 g/mol. The number of benzene rings is 3. The number of fused-ring (bicyclic) bond motifs is 2. The van der Waals surface area contributed by atoms with Gasteiger partial charge in [-0.3, -0.25) is 4.79 Å². The first-order valence-electron chi connectivity index (χ1n) is 10.1. The molecule has 0 fully saturated rings. The van der Waals surface area contributed by atoms with Gasteiger partial charge in [-0.25, -0.2) is 0 Å². The van der Waals surface area contributed by atoms with Crippen molar-refractivity contribution in [3.05, 3.63) is 119 Å². The van der Waals surface area contributed by atoms with Crippen LogP contribution in [0.25, 0.3) is 5.57 Å². The Morgan fingerprint density at radius 1 is 0.839 bits per heavy atom.